The summed E-state index contributed by atoms with van der Waals surface area (Å²) < 4.78 is 67.8. The van der Waals surface area contributed by atoms with E-state index in [2.05, 4.69) is 20.4 Å². The van der Waals surface area contributed by atoms with Gasteiger partial charge in [-0.25, -0.2) is 23.1 Å². The fourth-order valence-corrected chi connectivity index (χ4v) is 4.43. The number of hydrogen-bond acceptors (Lipinski definition) is 6. The predicted octanol–water partition coefficient (Wildman–Crippen LogP) is 4.82. The van der Waals surface area contributed by atoms with Crippen LogP contribution in [0.25, 0.3) is 28.0 Å². The third-order valence-corrected chi connectivity index (χ3v) is 6.52. The second-order valence-corrected chi connectivity index (χ2v) is 9.72. The van der Waals surface area contributed by atoms with Crippen LogP contribution in [0.15, 0.2) is 96.3 Å². The topological polar surface area (TPSA) is 115 Å². The summed E-state index contributed by atoms with van der Waals surface area (Å²) >= 11 is 0. The lowest BCUT2D eigenvalue weighted by Crippen LogP contribution is -2.28. The van der Waals surface area contributed by atoms with Gasteiger partial charge in [0.1, 0.15) is 16.5 Å². The number of sulfonamides is 1. The van der Waals surface area contributed by atoms with Gasteiger partial charge >= 0.3 is 6.18 Å². The van der Waals surface area contributed by atoms with Crippen LogP contribution in [0.4, 0.5) is 19.0 Å². The first-order chi connectivity index (χ1) is 17.6. The van der Waals surface area contributed by atoms with Crippen molar-refractivity contribution in [3.05, 3.63) is 97.0 Å². The Kier molecular flexibility index (Phi) is 6.13. The average Bonchev–Trinajstić information content (AvgIpc) is 3.31. The molecule has 0 fully saturated rings. The van der Waals surface area contributed by atoms with Crippen LogP contribution >= 0.6 is 0 Å². The number of primary sulfonamides is 1. The number of hydrogen-bond donors (Lipinski definition) is 2. The molecule has 3 aromatic heterocycles. The molecule has 3 heterocycles. The van der Waals surface area contributed by atoms with Gasteiger partial charge in [-0.3, -0.25) is 4.98 Å². The van der Waals surface area contributed by atoms with Crippen LogP contribution in [0, 0.1) is 0 Å². The van der Waals surface area contributed by atoms with Crippen molar-refractivity contribution in [2.75, 3.05) is 5.32 Å². The van der Waals surface area contributed by atoms with E-state index < -0.39 is 22.2 Å². The van der Waals surface area contributed by atoms with Gasteiger partial charge in [-0.15, -0.1) is 5.10 Å². The first-order valence-corrected chi connectivity index (χ1v) is 12.5. The van der Waals surface area contributed by atoms with Crippen LogP contribution in [-0.4, -0.2) is 34.2 Å². The number of alkyl halides is 3. The number of rotatable bonds is 6. The quantitative estimate of drug-likeness (QED) is 0.329. The highest BCUT2D eigenvalue weighted by atomic mass is 32.2. The van der Waals surface area contributed by atoms with E-state index in [9.17, 15) is 21.6 Å². The molecule has 0 bridgehead atoms. The molecule has 8 nitrogen and oxygen atoms in total. The van der Waals surface area contributed by atoms with E-state index >= 15 is 0 Å². The van der Waals surface area contributed by atoms with Crippen LogP contribution < -0.4 is 10.5 Å². The summed E-state index contributed by atoms with van der Waals surface area (Å²) in [4.78, 5) is 8.02. The van der Waals surface area contributed by atoms with Crippen molar-refractivity contribution < 1.29 is 21.6 Å². The van der Waals surface area contributed by atoms with Crippen molar-refractivity contribution in [2.24, 2.45) is 5.14 Å². The minimum atomic E-state index is -4.65. The van der Waals surface area contributed by atoms with Crippen LogP contribution in [-0.2, 0) is 10.0 Å². The maximum atomic E-state index is 14.2. The highest BCUT2D eigenvalue weighted by molar-refractivity contribution is 7.89. The molecule has 0 aliphatic heterocycles. The predicted molar refractivity (Wildman–Crippen MR) is 132 cm³/mol. The van der Waals surface area contributed by atoms with Gasteiger partial charge < -0.3 is 5.32 Å². The summed E-state index contributed by atoms with van der Waals surface area (Å²) in [6.07, 6.45) is -0.692. The fraction of sp³-hybridized carbons (Fsp3) is 0.0800. The number of nitrogens with two attached hydrogens (primary N) is 1. The van der Waals surface area contributed by atoms with E-state index in [0.717, 1.165) is 11.8 Å². The molecule has 5 rings (SSSR count). The number of anilines is 1. The molecule has 3 N–H and O–H groups in total. The number of aromatic nitrogens is 4. The number of halogens is 3. The maximum Gasteiger partial charge on any atom is 0.412 e. The summed E-state index contributed by atoms with van der Waals surface area (Å²) in [5, 5.41) is 12.2. The van der Waals surface area contributed by atoms with E-state index in [0.29, 0.717) is 11.1 Å². The molecule has 0 radical (unpaired) electrons. The molecular weight excluding hydrogens is 505 g/mol. The van der Waals surface area contributed by atoms with Crippen LogP contribution in [0.5, 0.6) is 0 Å². The highest BCUT2D eigenvalue weighted by Gasteiger charge is 2.41. The summed E-state index contributed by atoms with van der Waals surface area (Å²) in [5.41, 5.74) is 1.84. The Balaban J connectivity index is 1.73. The van der Waals surface area contributed by atoms with Gasteiger partial charge in [0.15, 0.2) is 11.6 Å². The third kappa shape index (κ3) is 5.01. The molecule has 0 aliphatic carbocycles. The molecule has 2 aromatic carbocycles. The lowest BCUT2D eigenvalue weighted by atomic mass is 10.1. The Morgan fingerprint density at radius 3 is 2.24 bits per heavy atom. The molecule has 1 unspecified atom stereocenters. The Morgan fingerprint density at radius 1 is 0.919 bits per heavy atom. The van der Waals surface area contributed by atoms with Crippen molar-refractivity contribution >= 4 is 21.4 Å². The molecule has 0 saturated carbocycles. The van der Waals surface area contributed by atoms with E-state index in [-0.39, 0.29) is 27.7 Å². The summed E-state index contributed by atoms with van der Waals surface area (Å²) in [5.74, 6) is -0.141. The lowest BCUT2D eigenvalue weighted by Gasteiger charge is -2.23. The van der Waals surface area contributed by atoms with Crippen LogP contribution in [0.3, 0.4) is 0 Å². The minimum Gasteiger partial charge on any atom is -0.353 e. The largest absolute Gasteiger partial charge is 0.412 e. The zero-order chi connectivity index (χ0) is 26.2. The van der Waals surface area contributed by atoms with Gasteiger partial charge in [-0.05, 0) is 23.3 Å². The lowest BCUT2D eigenvalue weighted by molar-refractivity contribution is -0.144. The van der Waals surface area contributed by atoms with E-state index in [1.165, 1.54) is 41.0 Å². The van der Waals surface area contributed by atoms with Gasteiger partial charge in [0.2, 0.25) is 10.0 Å². The second-order valence-electron chi connectivity index (χ2n) is 8.16. The second kappa shape index (κ2) is 9.30. The van der Waals surface area contributed by atoms with E-state index in [4.69, 9.17) is 5.14 Å². The van der Waals surface area contributed by atoms with Crippen molar-refractivity contribution in [1.29, 1.82) is 0 Å². The fourth-order valence-electron chi connectivity index (χ4n) is 3.93. The number of nitrogens with zero attached hydrogens (tertiary/aromatic N) is 4. The van der Waals surface area contributed by atoms with Crippen molar-refractivity contribution in [1.82, 2.24) is 19.6 Å². The van der Waals surface area contributed by atoms with Gasteiger partial charge in [0.05, 0.1) is 0 Å². The number of fused-ring (bicyclic) bond motifs is 1. The van der Waals surface area contributed by atoms with Crippen LogP contribution in [0.1, 0.15) is 11.6 Å². The standard InChI is InChI=1S/C25H19F3N6O2S/c26-25(27,28)22(17-9-5-2-6-10-17)31-24-21-20(16-7-3-1-4-8-16)11-12-34(21)33-23(32-24)18-13-19(15-30-14-18)37(29,35)36/h1-15,22H,(H2,29,35,36)(H,31,32,33). The van der Waals surface area contributed by atoms with Gasteiger partial charge in [-0.2, -0.15) is 13.2 Å². The Hall–Kier alpha value is -4.29. The maximum absolute atomic E-state index is 14.2. The molecule has 5 aromatic rings. The molecule has 0 amide bonds. The van der Waals surface area contributed by atoms with Crippen molar-refractivity contribution in [2.45, 2.75) is 17.1 Å². The summed E-state index contributed by atoms with van der Waals surface area (Å²) in [6, 6.07) is 17.4. The Labute approximate surface area is 209 Å². The zero-order valence-electron chi connectivity index (χ0n) is 19.0. The van der Waals surface area contributed by atoms with Crippen LogP contribution in [0.2, 0.25) is 0 Å². The number of nitrogens with one attached hydrogen (secondary N) is 1. The van der Waals surface area contributed by atoms with Gasteiger partial charge in [-0.1, -0.05) is 60.7 Å². The van der Waals surface area contributed by atoms with E-state index in [1.54, 1.807) is 18.3 Å². The average molecular weight is 525 g/mol. The molecule has 1 atom stereocenters. The van der Waals surface area contributed by atoms with Gasteiger partial charge in [0, 0.05) is 29.7 Å². The third-order valence-electron chi connectivity index (χ3n) is 5.64. The molecular formula is C25H19F3N6O2S. The summed E-state index contributed by atoms with van der Waals surface area (Å²) in [7, 11) is -4.08. The minimum absolute atomic E-state index is 0.000909. The SMILES string of the molecule is NS(=O)(=O)c1cncc(-c2nc(NC(c3ccccc3)C(F)(F)F)c3c(-c4ccccc4)ccn3n2)c1. The first-order valence-electron chi connectivity index (χ1n) is 10.9. The number of benzene rings is 2. The van der Waals surface area contributed by atoms with Crippen molar-refractivity contribution in [3.63, 3.8) is 0 Å². The summed E-state index contributed by atoms with van der Waals surface area (Å²) in [6.45, 7) is 0. The van der Waals surface area contributed by atoms with E-state index in [1.807, 2.05) is 30.3 Å². The highest BCUT2D eigenvalue weighted by Crippen LogP contribution is 2.38. The molecule has 0 aliphatic rings. The zero-order valence-corrected chi connectivity index (χ0v) is 19.8. The Morgan fingerprint density at radius 2 is 1.59 bits per heavy atom. The molecule has 188 valence electrons. The molecule has 0 spiro atoms. The molecule has 0 saturated heterocycles. The molecule has 12 heteroatoms. The number of pyridine rings is 1. The van der Waals surface area contributed by atoms with Gasteiger partial charge in [0.25, 0.3) is 0 Å². The Bertz CT molecular complexity index is 1670. The van der Waals surface area contributed by atoms with Crippen molar-refractivity contribution in [3.8, 4) is 22.5 Å². The normalized spacial score (nSPS) is 13.0. The molecule has 37 heavy (non-hydrogen) atoms. The monoisotopic (exact) mass is 524 g/mol. The smallest absolute Gasteiger partial charge is 0.353 e. The first kappa shape index (κ1) is 24.4.